The third kappa shape index (κ3) is 5.84. The van der Waals surface area contributed by atoms with E-state index >= 15 is 0 Å². The van der Waals surface area contributed by atoms with Crippen LogP contribution in [0.1, 0.15) is 20.8 Å². The van der Waals surface area contributed by atoms with Crippen LogP contribution in [-0.4, -0.2) is 25.3 Å². The Bertz CT molecular complexity index is 129. The SMILES string of the molecule is CCOCC(C#N)NC(C)C. The summed E-state index contributed by atoms with van der Waals surface area (Å²) in [5, 5.41) is 11.7. The van der Waals surface area contributed by atoms with E-state index < -0.39 is 0 Å². The molecular weight excluding hydrogens is 140 g/mol. The molecule has 0 fully saturated rings. The van der Waals surface area contributed by atoms with Crippen LogP contribution in [0.3, 0.4) is 0 Å². The van der Waals surface area contributed by atoms with E-state index in [1.807, 2.05) is 20.8 Å². The lowest BCUT2D eigenvalue weighted by Crippen LogP contribution is -2.37. The molecule has 64 valence electrons. The molecule has 0 aliphatic carbocycles. The summed E-state index contributed by atoms with van der Waals surface area (Å²) in [6, 6.07) is 2.29. The van der Waals surface area contributed by atoms with Gasteiger partial charge in [0, 0.05) is 12.6 Å². The molecule has 0 aromatic carbocycles. The second-order valence-electron chi connectivity index (χ2n) is 2.66. The van der Waals surface area contributed by atoms with Crippen molar-refractivity contribution in [1.29, 1.82) is 5.26 Å². The summed E-state index contributed by atoms with van der Waals surface area (Å²) < 4.78 is 5.10. The molecule has 3 heteroatoms. The summed E-state index contributed by atoms with van der Waals surface area (Å²) in [6.07, 6.45) is 0. The summed E-state index contributed by atoms with van der Waals surface area (Å²) in [4.78, 5) is 0. The highest BCUT2D eigenvalue weighted by Gasteiger charge is 2.06. The molecule has 0 aromatic heterocycles. The van der Waals surface area contributed by atoms with Crippen LogP contribution in [0.25, 0.3) is 0 Å². The van der Waals surface area contributed by atoms with E-state index in [-0.39, 0.29) is 6.04 Å². The van der Waals surface area contributed by atoms with Crippen molar-refractivity contribution in [3.8, 4) is 6.07 Å². The summed E-state index contributed by atoms with van der Waals surface area (Å²) >= 11 is 0. The van der Waals surface area contributed by atoms with E-state index in [1.54, 1.807) is 0 Å². The highest BCUT2D eigenvalue weighted by Crippen LogP contribution is 1.87. The van der Waals surface area contributed by atoms with Gasteiger partial charge in [0.2, 0.25) is 0 Å². The molecule has 1 unspecified atom stereocenters. The molecule has 0 rings (SSSR count). The van der Waals surface area contributed by atoms with Gasteiger partial charge in [-0.3, -0.25) is 5.32 Å². The zero-order valence-corrected chi connectivity index (χ0v) is 7.42. The van der Waals surface area contributed by atoms with Crippen LogP contribution in [0.4, 0.5) is 0 Å². The highest BCUT2D eigenvalue weighted by atomic mass is 16.5. The first-order valence-corrected chi connectivity index (χ1v) is 3.94. The van der Waals surface area contributed by atoms with Gasteiger partial charge in [0.15, 0.2) is 0 Å². The lowest BCUT2D eigenvalue weighted by Gasteiger charge is -2.13. The molecule has 0 aliphatic heterocycles. The molecule has 0 radical (unpaired) electrons. The molecule has 3 nitrogen and oxygen atoms in total. The Morgan fingerprint density at radius 3 is 2.55 bits per heavy atom. The maximum absolute atomic E-state index is 8.61. The summed E-state index contributed by atoms with van der Waals surface area (Å²) in [5.41, 5.74) is 0. The molecule has 0 saturated heterocycles. The number of hydrogen-bond donors (Lipinski definition) is 1. The Labute approximate surface area is 68.3 Å². The zero-order chi connectivity index (χ0) is 8.69. The minimum atomic E-state index is -0.171. The molecule has 0 spiro atoms. The van der Waals surface area contributed by atoms with Crippen LogP contribution in [-0.2, 0) is 4.74 Å². The molecule has 0 bridgehead atoms. The van der Waals surface area contributed by atoms with Gasteiger partial charge in [-0.05, 0) is 20.8 Å². The molecule has 0 amide bonds. The van der Waals surface area contributed by atoms with Crippen LogP contribution >= 0.6 is 0 Å². The maximum atomic E-state index is 8.61. The van der Waals surface area contributed by atoms with Crippen molar-refractivity contribution in [3.63, 3.8) is 0 Å². The van der Waals surface area contributed by atoms with Gasteiger partial charge in [-0.15, -0.1) is 0 Å². The van der Waals surface area contributed by atoms with Crippen molar-refractivity contribution in [1.82, 2.24) is 5.32 Å². The van der Waals surface area contributed by atoms with Gasteiger partial charge < -0.3 is 4.74 Å². The van der Waals surface area contributed by atoms with Crippen molar-refractivity contribution < 1.29 is 4.74 Å². The third-order valence-corrected chi connectivity index (χ3v) is 1.18. The van der Waals surface area contributed by atoms with Crippen molar-refractivity contribution in [2.75, 3.05) is 13.2 Å². The Hall–Kier alpha value is -0.590. The van der Waals surface area contributed by atoms with Gasteiger partial charge in [-0.2, -0.15) is 5.26 Å². The first-order valence-electron chi connectivity index (χ1n) is 3.94. The van der Waals surface area contributed by atoms with Gasteiger partial charge in [0.05, 0.1) is 12.7 Å². The van der Waals surface area contributed by atoms with Crippen LogP contribution < -0.4 is 5.32 Å². The maximum Gasteiger partial charge on any atom is 0.119 e. The molecule has 1 N–H and O–H groups in total. The molecule has 11 heavy (non-hydrogen) atoms. The largest absolute Gasteiger partial charge is 0.379 e. The predicted octanol–water partition coefficient (Wildman–Crippen LogP) is 0.913. The van der Waals surface area contributed by atoms with E-state index in [1.165, 1.54) is 0 Å². The van der Waals surface area contributed by atoms with Gasteiger partial charge >= 0.3 is 0 Å². The quantitative estimate of drug-likeness (QED) is 0.643. The van der Waals surface area contributed by atoms with Crippen molar-refractivity contribution in [2.24, 2.45) is 0 Å². The standard InChI is InChI=1S/C8H16N2O/c1-4-11-6-8(5-9)10-7(2)3/h7-8,10H,4,6H2,1-3H3. The highest BCUT2D eigenvalue weighted by molar-refractivity contribution is 4.90. The Morgan fingerprint density at radius 2 is 2.18 bits per heavy atom. The van der Waals surface area contributed by atoms with Gasteiger partial charge in [0.25, 0.3) is 0 Å². The van der Waals surface area contributed by atoms with Crippen molar-refractivity contribution >= 4 is 0 Å². The van der Waals surface area contributed by atoms with E-state index in [9.17, 15) is 0 Å². The molecule has 0 aromatic rings. The Kier molecular flexibility index (Phi) is 5.81. The fraction of sp³-hybridized carbons (Fsp3) is 0.875. The molecule has 0 saturated carbocycles. The Balaban J connectivity index is 3.52. The van der Waals surface area contributed by atoms with Crippen molar-refractivity contribution in [2.45, 2.75) is 32.9 Å². The summed E-state index contributed by atoms with van der Waals surface area (Å²) in [6.45, 7) is 7.08. The molecule has 0 heterocycles. The molecular formula is C8H16N2O. The molecule has 0 aliphatic rings. The van der Waals surface area contributed by atoms with Gasteiger partial charge in [0.1, 0.15) is 6.04 Å². The monoisotopic (exact) mass is 156 g/mol. The minimum absolute atomic E-state index is 0.171. The summed E-state index contributed by atoms with van der Waals surface area (Å²) in [7, 11) is 0. The number of ether oxygens (including phenoxy) is 1. The first-order chi connectivity index (χ1) is 5.20. The smallest absolute Gasteiger partial charge is 0.119 e. The average molecular weight is 156 g/mol. The predicted molar refractivity (Wildman–Crippen MR) is 44.2 cm³/mol. The van der Waals surface area contributed by atoms with Crippen molar-refractivity contribution in [3.05, 3.63) is 0 Å². The second kappa shape index (κ2) is 6.14. The number of nitrogens with zero attached hydrogens (tertiary/aromatic N) is 1. The van der Waals surface area contributed by atoms with Crippen LogP contribution in [0.5, 0.6) is 0 Å². The van der Waals surface area contributed by atoms with E-state index in [4.69, 9.17) is 10.00 Å². The summed E-state index contributed by atoms with van der Waals surface area (Å²) in [5.74, 6) is 0. The average Bonchev–Trinajstić information content (AvgIpc) is 1.97. The van der Waals surface area contributed by atoms with Gasteiger partial charge in [-0.25, -0.2) is 0 Å². The fourth-order valence-corrected chi connectivity index (χ4v) is 0.761. The lowest BCUT2D eigenvalue weighted by atomic mass is 10.3. The van der Waals surface area contributed by atoms with E-state index in [0.29, 0.717) is 19.3 Å². The second-order valence-corrected chi connectivity index (χ2v) is 2.66. The minimum Gasteiger partial charge on any atom is -0.379 e. The fourth-order valence-electron chi connectivity index (χ4n) is 0.761. The van der Waals surface area contributed by atoms with Crippen LogP contribution in [0.15, 0.2) is 0 Å². The number of rotatable bonds is 5. The third-order valence-electron chi connectivity index (χ3n) is 1.18. The lowest BCUT2D eigenvalue weighted by molar-refractivity contribution is 0.133. The Morgan fingerprint density at radius 1 is 1.55 bits per heavy atom. The van der Waals surface area contributed by atoms with E-state index in [2.05, 4.69) is 11.4 Å². The van der Waals surface area contributed by atoms with Crippen LogP contribution in [0.2, 0.25) is 0 Å². The van der Waals surface area contributed by atoms with E-state index in [0.717, 1.165) is 0 Å². The molecule has 1 atom stereocenters. The number of hydrogen-bond acceptors (Lipinski definition) is 3. The first kappa shape index (κ1) is 10.4. The van der Waals surface area contributed by atoms with Gasteiger partial charge in [-0.1, -0.05) is 0 Å². The normalized spacial score (nSPS) is 13.0. The zero-order valence-electron chi connectivity index (χ0n) is 7.42. The van der Waals surface area contributed by atoms with Crippen LogP contribution in [0, 0.1) is 11.3 Å². The number of nitriles is 1. The topological polar surface area (TPSA) is 45.0 Å². The number of nitrogens with one attached hydrogen (secondary N) is 1.